The SMILES string of the molecule is C[C@@H](Sc1nc(C(F)(F)F)nc2ccccc12)C(=O)Nc1ccc(F)cc1. The molecule has 1 N–H and O–H groups in total. The number of carbonyl (C=O) groups is 1. The van der Waals surface area contributed by atoms with Crippen molar-refractivity contribution in [1.29, 1.82) is 0 Å². The van der Waals surface area contributed by atoms with Gasteiger partial charge in [-0.1, -0.05) is 30.0 Å². The molecule has 0 aliphatic heterocycles. The number of nitrogens with zero attached hydrogens (tertiary/aromatic N) is 2. The van der Waals surface area contributed by atoms with E-state index in [0.29, 0.717) is 11.1 Å². The molecule has 0 unspecified atom stereocenters. The molecule has 4 nitrogen and oxygen atoms in total. The van der Waals surface area contributed by atoms with Crippen LogP contribution in [0.25, 0.3) is 10.9 Å². The Bertz CT molecular complexity index is 976. The number of rotatable bonds is 4. The first-order chi connectivity index (χ1) is 12.7. The van der Waals surface area contributed by atoms with Crippen molar-refractivity contribution in [3.63, 3.8) is 0 Å². The number of fused-ring (bicyclic) bond motifs is 1. The summed E-state index contributed by atoms with van der Waals surface area (Å²) in [5.74, 6) is -2.14. The molecule has 140 valence electrons. The second-order valence-electron chi connectivity index (χ2n) is 5.62. The van der Waals surface area contributed by atoms with E-state index in [1.54, 1.807) is 25.1 Å². The molecule has 0 bridgehead atoms. The number of hydrogen-bond donors (Lipinski definition) is 1. The highest BCUT2D eigenvalue weighted by atomic mass is 32.2. The highest BCUT2D eigenvalue weighted by Gasteiger charge is 2.35. The van der Waals surface area contributed by atoms with E-state index in [-0.39, 0.29) is 10.5 Å². The Labute approximate surface area is 156 Å². The number of nitrogens with one attached hydrogen (secondary N) is 1. The van der Waals surface area contributed by atoms with Crippen molar-refractivity contribution in [2.75, 3.05) is 5.32 Å². The van der Waals surface area contributed by atoms with Crippen molar-refractivity contribution in [3.05, 3.63) is 60.2 Å². The average Bonchev–Trinajstić information content (AvgIpc) is 2.62. The fourth-order valence-electron chi connectivity index (χ4n) is 2.26. The van der Waals surface area contributed by atoms with Gasteiger partial charge in [0.1, 0.15) is 10.8 Å². The van der Waals surface area contributed by atoms with Crippen molar-refractivity contribution >= 4 is 34.3 Å². The molecule has 0 saturated heterocycles. The molecule has 27 heavy (non-hydrogen) atoms. The maximum absolute atomic E-state index is 13.1. The van der Waals surface area contributed by atoms with E-state index in [1.165, 1.54) is 30.3 Å². The van der Waals surface area contributed by atoms with Gasteiger partial charge < -0.3 is 5.32 Å². The highest BCUT2D eigenvalue weighted by Crippen LogP contribution is 2.33. The van der Waals surface area contributed by atoms with Gasteiger partial charge in [0.25, 0.3) is 0 Å². The molecule has 3 aromatic rings. The third-order valence-corrected chi connectivity index (χ3v) is 4.69. The summed E-state index contributed by atoms with van der Waals surface area (Å²) in [6, 6.07) is 11.5. The Morgan fingerprint density at radius 3 is 2.41 bits per heavy atom. The molecule has 1 heterocycles. The molecular formula is C18H13F4N3OS. The molecule has 0 radical (unpaired) electrons. The minimum atomic E-state index is -4.70. The summed E-state index contributed by atoms with van der Waals surface area (Å²) in [4.78, 5) is 19.5. The van der Waals surface area contributed by atoms with Gasteiger partial charge in [-0.05, 0) is 37.3 Å². The van der Waals surface area contributed by atoms with Crippen molar-refractivity contribution in [1.82, 2.24) is 9.97 Å². The predicted molar refractivity (Wildman–Crippen MR) is 94.9 cm³/mol. The van der Waals surface area contributed by atoms with Crippen LogP contribution in [0.3, 0.4) is 0 Å². The summed E-state index contributed by atoms with van der Waals surface area (Å²) >= 11 is 0.897. The van der Waals surface area contributed by atoms with Gasteiger partial charge in [-0.2, -0.15) is 13.2 Å². The Hall–Kier alpha value is -2.68. The number of aromatic nitrogens is 2. The summed E-state index contributed by atoms with van der Waals surface area (Å²) < 4.78 is 52.1. The molecule has 2 aromatic carbocycles. The molecule has 3 rings (SSSR count). The van der Waals surface area contributed by atoms with Crippen LogP contribution in [0.2, 0.25) is 0 Å². The number of hydrogen-bond acceptors (Lipinski definition) is 4. The Kier molecular flexibility index (Phi) is 5.31. The Morgan fingerprint density at radius 2 is 1.74 bits per heavy atom. The Morgan fingerprint density at radius 1 is 1.07 bits per heavy atom. The molecule has 0 fully saturated rings. The average molecular weight is 395 g/mol. The van der Waals surface area contributed by atoms with E-state index in [1.807, 2.05) is 0 Å². The minimum absolute atomic E-state index is 0.0645. The zero-order chi connectivity index (χ0) is 19.6. The van der Waals surface area contributed by atoms with E-state index in [2.05, 4.69) is 15.3 Å². The van der Waals surface area contributed by atoms with E-state index in [4.69, 9.17) is 0 Å². The van der Waals surface area contributed by atoms with Crippen LogP contribution >= 0.6 is 11.8 Å². The lowest BCUT2D eigenvalue weighted by molar-refractivity contribution is -0.145. The summed E-state index contributed by atoms with van der Waals surface area (Å²) in [6.45, 7) is 1.55. The standard InChI is InChI=1S/C18H13F4N3OS/c1-10(15(26)23-12-8-6-11(19)7-9-12)27-16-13-4-2-3-5-14(13)24-17(25-16)18(20,21)22/h2-10H,1H3,(H,23,26)/t10-/m1/s1. The molecule has 0 aliphatic carbocycles. The molecule has 0 spiro atoms. The fraction of sp³-hybridized carbons (Fsp3) is 0.167. The van der Waals surface area contributed by atoms with Gasteiger partial charge in [0.2, 0.25) is 11.7 Å². The number of anilines is 1. The van der Waals surface area contributed by atoms with Crippen molar-refractivity contribution in [2.24, 2.45) is 0 Å². The summed E-state index contributed by atoms with van der Waals surface area (Å²) in [5.41, 5.74) is 0.533. The quantitative estimate of drug-likeness (QED) is 0.388. The normalized spacial score (nSPS) is 12.8. The molecule has 1 amide bonds. The highest BCUT2D eigenvalue weighted by molar-refractivity contribution is 8.00. The van der Waals surface area contributed by atoms with Gasteiger partial charge in [0.15, 0.2) is 0 Å². The van der Waals surface area contributed by atoms with Crippen LogP contribution in [0.4, 0.5) is 23.2 Å². The van der Waals surface area contributed by atoms with Crippen LogP contribution in [-0.4, -0.2) is 21.1 Å². The third kappa shape index (κ3) is 4.54. The topological polar surface area (TPSA) is 54.9 Å². The summed E-state index contributed by atoms with van der Waals surface area (Å²) in [7, 11) is 0. The Balaban J connectivity index is 1.86. The maximum atomic E-state index is 13.1. The van der Waals surface area contributed by atoms with Crippen LogP contribution in [0.1, 0.15) is 12.7 Å². The summed E-state index contributed by atoms with van der Waals surface area (Å²) in [5, 5.41) is 2.34. The molecule has 1 atom stereocenters. The second-order valence-corrected chi connectivity index (χ2v) is 6.95. The van der Waals surface area contributed by atoms with Crippen LogP contribution < -0.4 is 5.32 Å². The number of para-hydroxylation sites is 1. The molecular weight excluding hydrogens is 382 g/mol. The minimum Gasteiger partial charge on any atom is -0.325 e. The summed E-state index contributed by atoms with van der Waals surface area (Å²) in [6.07, 6.45) is -4.70. The number of amides is 1. The van der Waals surface area contributed by atoms with E-state index >= 15 is 0 Å². The fourth-order valence-corrected chi connectivity index (χ4v) is 3.20. The monoisotopic (exact) mass is 395 g/mol. The van der Waals surface area contributed by atoms with Crippen molar-refractivity contribution < 1.29 is 22.4 Å². The number of alkyl halides is 3. The first-order valence-electron chi connectivity index (χ1n) is 7.81. The third-order valence-electron chi connectivity index (χ3n) is 3.59. The van der Waals surface area contributed by atoms with E-state index < -0.39 is 29.0 Å². The van der Waals surface area contributed by atoms with Crippen LogP contribution in [0, 0.1) is 5.82 Å². The number of benzene rings is 2. The van der Waals surface area contributed by atoms with Gasteiger partial charge in [-0.25, -0.2) is 14.4 Å². The van der Waals surface area contributed by atoms with Gasteiger partial charge >= 0.3 is 6.18 Å². The van der Waals surface area contributed by atoms with Crippen molar-refractivity contribution in [2.45, 2.75) is 23.4 Å². The van der Waals surface area contributed by atoms with Gasteiger partial charge in [-0.15, -0.1) is 0 Å². The van der Waals surface area contributed by atoms with E-state index in [0.717, 1.165) is 11.8 Å². The smallest absolute Gasteiger partial charge is 0.325 e. The number of halogens is 4. The molecule has 9 heteroatoms. The van der Waals surface area contributed by atoms with Crippen LogP contribution in [0.15, 0.2) is 53.6 Å². The first-order valence-corrected chi connectivity index (χ1v) is 8.69. The van der Waals surface area contributed by atoms with E-state index in [9.17, 15) is 22.4 Å². The largest absolute Gasteiger partial charge is 0.451 e. The lowest BCUT2D eigenvalue weighted by Gasteiger charge is -2.14. The molecule has 0 saturated carbocycles. The number of thioether (sulfide) groups is 1. The lowest BCUT2D eigenvalue weighted by atomic mass is 10.2. The predicted octanol–water partition coefficient (Wildman–Crippen LogP) is 4.91. The zero-order valence-corrected chi connectivity index (χ0v) is 14.7. The van der Waals surface area contributed by atoms with Gasteiger partial charge in [-0.3, -0.25) is 4.79 Å². The lowest BCUT2D eigenvalue weighted by Crippen LogP contribution is -2.22. The molecule has 0 aliphatic rings. The number of carbonyl (C=O) groups excluding carboxylic acids is 1. The van der Waals surface area contributed by atoms with Crippen LogP contribution in [0.5, 0.6) is 0 Å². The maximum Gasteiger partial charge on any atom is 0.451 e. The van der Waals surface area contributed by atoms with Gasteiger partial charge in [0.05, 0.1) is 10.8 Å². The second kappa shape index (κ2) is 7.51. The van der Waals surface area contributed by atoms with Crippen molar-refractivity contribution in [3.8, 4) is 0 Å². The molecule has 1 aromatic heterocycles. The van der Waals surface area contributed by atoms with Crippen LogP contribution in [-0.2, 0) is 11.0 Å². The van der Waals surface area contributed by atoms with Gasteiger partial charge in [0, 0.05) is 11.1 Å². The zero-order valence-electron chi connectivity index (χ0n) is 13.9. The first kappa shape index (κ1) is 19.1.